The molecular formula is C6H5ClF2N2O3S. The van der Waals surface area contributed by atoms with Crippen LogP contribution in [0.4, 0.5) is 8.78 Å². The highest BCUT2D eigenvalue weighted by atomic mass is 35.5. The highest BCUT2D eigenvalue weighted by Gasteiger charge is 2.20. The van der Waals surface area contributed by atoms with Gasteiger partial charge in [-0.05, 0) is 6.07 Å². The summed E-state index contributed by atoms with van der Waals surface area (Å²) in [6, 6.07) is 0.531. The third-order valence-electron chi connectivity index (χ3n) is 1.50. The second-order valence-electron chi connectivity index (χ2n) is 2.58. The zero-order valence-electron chi connectivity index (χ0n) is 7.00. The zero-order valence-corrected chi connectivity index (χ0v) is 8.57. The van der Waals surface area contributed by atoms with E-state index in [1.165, 1.54) is 0 Å². The summed E-state index contributed by atoms with van der Waals surface area (Å²) >= 11 is 5.31. The Bertz CT molecular complexity index is 540. The molecule has 0 aliphatic carbocycles. The maximum Gasteiger partial charge on any atom is 0.278 e. The van der Waals surface area contributed by atoms with Crippen molar-refractivity contribution in [2.75, 3.05) is 0 Å². The molecule has 0 saturated carbocycles. The van der Waals surface area contributed by atoms with Gasteiger partial charge in [0.2, 0.25) is 10.0 Å². The van der Waals surface area contributed by atoms with Gasteiger partial charge in [0.1, 0.15) is 9.92 Å². The average molecular weight is 259 g/mol. The monoisotopic (exact) mass is 258 g/mol. The van der Waals surface area contributed by atoms with Crippen molar-refractivity contribution in [2.45, 2.75) is 11.3 Å². The van der Waals surface area contributed by atoms with Gasteiger partial charge >= 0.3 is 0 Å². The number of hydrogen-bond donors (Lipinski definition) is 2. The molecule has 0 unspecified atom stereocenters. The number of primary sulfonamides is 1. The summed E-state index contributed by atoms with van der Waals surface area (Å²) in [6.45, 7) is 0. The minimum Gasteiger partial charge on any atom is -0.320 e. The van der Waals surface area contributed by atoms with Crippen LogP contribution in [0.1, 0.15) is 12.1 Å². The number of pyridine rings is 1. The van der Waals surface area contributed by atoms with Crippen molar-refractivity contribution >= 4 is 21.6 Å². The number of aromatic nitrogens is 1. The summed E-state index contributed by atoms with van der Waals surface area (Å²) in [5.41, 5.74) is -1.98. The molecule has 0 aliphatic rings. The molecular weight excluding hydrogens is 254 g/mol. The number of nitrogens with one attached hydrogen (secondary N) is 1. The zero-order chi connectivity index (χ0) is 11.8. The fourth-order valence-corrected chi connectivity index (χ4v) is 1.92. The van der Waals surface area contributed by atoms with Gasteiger partial charge in [-0.3, -0.25) is 4.79 Å². The van der Waals surface area contributed by atoms with Crippen LogP contribution in [0, 0.1) is 0 Å². The van der Waals surface area contributed by atoms with Crippen LogP contribution in [0.2, 0.25) is 5.02 Å². The normalized spacial score (nSPS) is 12.1. The lowest BCUT2D eigenvalue weighted by Crippen LogP contribution is -2.19. The van der Waals surface area contributed by atoms with Gasteiger partial charge in [0.15, 0.2) is 0 Å². The molecule has 1 rings (SSSR count). The first-order valence-electron chi connectivity index (χ1n) is 3.47. The maximum absolute atomic E-state index is 12.2. The van der Waals surface area contributed by atoms with E-state index in [0.717, 1.165) is 0 Å². The Kier molecular flexibility index (Phi) is 3.12. The van der Waals surface area contributed by atoms with Gasteiger partial charge < -0.3 is 4.98 Å². The highest BCUT2D eigenvalue weighted by molar-refractivity contribution is 7.89. The van der Waals surface area contributed by atoms with E-state index in [0.29, 0.717) is 6.07 Å². The van der Waals surface area contributed by atoms with Crippen molar-refractivity contribution in [3.8, 4) is 0 Å². The van der Waals surface area contributed by atoms with E-state index >= 15 is 0 Å². The van der Waals surface area contributed by atoms with Crippen LogP contribution in [-0.4, -0.2) is 13.4 Å². The number of sulfonamides is 1. The third kappa shape index (κ3) is 2.52. The predicted octanol–water partition coefficient (Wildman–Crippen LogP) is 0.613. The number of rotatable bonds is 2. The second-order valence-corrected chi connectivity index (χ2v) is 4.49. The summed E-state index contributed by atoms with van der Waals surface area (Å²) < 4.78 is 46.1. The lowest BCUT2D eigenvalue weighted by molar-refractivity contribution is 0.145. The van der Waals surface area contributed by atoms with Crippen LogP contribution in [-0.2, 0) is 10.0 Å². The smallest absolute Gasteiger partial charge is 0.278 e. The standard InChI is InChI=1S/C6H5ClF2N2O3S/c7-4-3(15(10,13)14)1-2(5(8)9)11-6(4)12/h1,5H,(H,11,12)(H2,10,13,14). The molecule has 3 N–H and O–H groups in total. The van der Waals surface area contributed by atoms with E-state index < -0.39 is 37.6 Å². The first kappa shape index (κ1) is 12.1. The number of hydrogen-bond acceptors (Lipinski definition) is 3. The fourth-order valence-electron chi connectivity index (χ4n) is 0.863. The van der Waals surface area contributed by atoms with Crippen LogP contribution >= 0.6 is 11.6 Å². The minimum atomic E-state index is -4.30. The molecule has 0 aromatic carbocycles. The van der Waals surface area contributed by atoms with Crippen molar-refractivity contribution in [2.24, 2.45) is 5.14 Å². The molecule has 0 spiro atoms. The quantitative estimate of drug-likeness (QED) is 0.814. The lowest BCUT2D eigenvalue weighted by atomic mass is 10.3. The Morgan fingerprint density at radius 2 is 2.00 bits per heavy atom. The Morgan fingerprint density at radius 1 is 1.47 bits per heavy atom. The number of H-pyrrole nitrogens is 1. The molecule has 1 heterocycles. The average Bonchev–Trinajstić information content (AvgIpc) is 2.06. The number of alkyl halides is 2. The largest absolute Gasteiger partial charge is 0.320 e. The summed E-state index contributed by atoms with van der Waals surface area (Å²) in [5, 5.41) is 3.95. The van der Waals surface area contributed by atoms with E-state index in [-0.39, 0.29) is 0 Å². The summed E-state index contributed by atoms with van der Waals surface area (Å²) in [7, 11) is -4.30. The van der Waals surface area contributed by atoms with Crippen LogP contribution in [0.5, 0.6) is 0 Å². The first-order chi connectivity index (χ1) is 6.73. The van der Waals surface area contributed by atoms with Gasteiger partial charge in [0, 0.05) is 0 Å². The van der Waals surface area contributed by atoms with E-state index in [4.69, 9.17) is 11.6 Å². The van der Waals surface area contributed by atoms with Crippen molar-refractivity contribution in [3.05, 3.63) is 27.1 Å². The van der Waals surface area contributed by atoms with Gasteiger partial charge in [0.05, 0.1) is 5.69 Å². The lowest BCUT2D eigenvalue weighted by Gasteiger charge is -2.04. The highest BCUT2D eigenvalue weighted by Crippen LogP contribution is 2.21. The van der Waals surface area contributed by atoms with Crippen LogP contribution < -0.4 is 10.7 Å². The molecule has 0 radical (unpaired) electrons. The van der Waals surface area contributed by atoms with Gasteiger partial charge in [-0.25, -0.2) is 22.3 Å². The SMILES string of the molecule is NS(=O)(=O)c1cc(C(F)F)[nH]c(=O)c1Cl. The molecule has 0 fully saturated rings. The Morgan fingerprint density at radius 3 is 2.40 bits per heavy atom. The molecule has 9 heteroatoms. The Labute approximate surface area is 87.9 Å². The molecule has 0 aliphatic heterocycles. The first-order valence-corrected chi connectivity index (χ1v) is 5.39. The van der Waals surface area contributed by atoms with Crippen LogP contribution in [0.25, 0.3) is 0 Å². The van der Waals surface area contributed by atoms with Gasteiger partial charge in [-0.2, -0.15) is 0 Å². The van der Waals surface area contributed by atoms with Crippen molar-refractivity contribution in [1.29, 1.82) is 0 Å². The molecule has 84 valence electrons. The summed E-state index contributed by atoms with van der Waals surface area (Å²) in [6.07, 6.45) is -3.02. The molecule has 1 aromatic rings. The van der Waals surface area contributed by atoms with Gasteiger partial charge in [-0.1, -0.05) is 11.6 Å². The molecule has 0 amide bonds. The van der Waals surface area contributed by atoms with Gasteiger partial charge in [-0.15, -0.1) is 0 Å². The minimum absolute atomic E-state index is 0.531. The maximum atomic E-state index is 12.2. The predicted molar refractivity (Wildman–Crippen MR) is 48.4 cm³/mol. The van der Waals surface area contributed by atoms with Crippen molar-refractivity contribution in [3.63, 3.8) is 0 Å². The van der Waals surface area contributed by atoms with Crippen LogP contribution in [0.15, 0.2) is 15.8 Å². The van der Waals surface area contributed by atoms with E-state index in [1.807, 2.05) is 0 Å². The van der Waals surface area contributed by atoms with E-state index in [9.17, 15) is 22.0 Å². The Hall–Kier alpha value is -0.990. The number of aromatic amines is 1. The molecule has 0 atom stereocenters. The topological polar surface area (TPSA) is 93.0 Å². The fraction of sp³-hybridized carbons (Fsp3) is 0.167. The third-order valence-corrected chi connectivity index (χ3v) is 2.92. The molecule has 0 saturated heterocycles. The van der Waals surface area contributed by atoms with E-state index in [1.54, 1.807) is 4.98 Å². The second kappa shape index (κ2) is 3.87. The number of halogens is 3. The molecule has 15 heavy (non-hydrogen) atoms. The summed E-state index contributed by atoms with van der Waals surface area (Å²) in [4.78, 5) is 11.9. The van der Waals surface area contributed by atoms with E-state index in [2.05, 4.69) is 5.14 Å². The molecule has 0 bridgehead atoms. The van der Waals surface area contributed by atoms with Gasteiger partial charge in [0.25, 0.3) is 12.0 Å². The Balaban J connectivity index is 3.60. The molecule has 1 aromatic heterocycles. The number of nitrogens with two attached hydrogens (primary N) is 1. The van der Waals surface area contributed by atoms with Crippen molar-refractivity contribution < 1.29 is 17.2 Å². The molecule has 5 nitrogen and oxygen atoms in total. The van der Waals surface area contributed by atoms with Crippen molar-refractivity contribution in [1.82, 2.24) is 4.98 Å². The summed E-state index contributed by atoms with van der Waals surface area (Å²) in [5.74, 6) is 0. The van der Waals surface area contributed by atoms with Crippen LogP contribution in [0.3, 0.4) is 0 Å².